The second-order valence-corrected chi connectivity index (χ2v) is 6.01. The van der Waals surface area contributed by atoms with Crippen molar-refractivity contribution in [3.8, 4) is 22.8 Å². The first-order valence-corrected chi connectivity index (χ1v) is 8.34. The highest BCUT2D eigenvalue weighted by Gasteiger charge is 2.22. The molecule has 0 radical (unpaired) electrons. The summed E-state index contributed by atoms with van der Waals surface area (Å²) >= 11 is 0. The Balaban J connectivity index is 1.90. The number of aromatic nitrogens is 4. The number of hydrogen-bond donors (Lipinski definition) is 0. The first kappa shape index (κ1) is 14.6. The van der Waals surface area contributed by atoms with Gasteiger partial charge >= 0.3 is 5.56 Å². The smallest absolute Gasteiger partial charge is 0.265 e. The molecular weight excluding hydrogens is 324 g/mol. The molecule has 0 amide bonds. The Kier molecular flexibility index (Phi) is 3.18. The van der Waals surface area contributed by atoms with Crippen molar-refractivity contribution in [1.29, 1.82) is 0 Å². The molecular formula is C21H14N4O. The second kappa shape index (κ2) is 5.67. The highest BCUT2D eigenvalue weighted by molar-refractivity contribution is 5.92. The van der Waals surface area contributed by atoms with Gasteiger partial charge in [-0.15, -0.1) is 0 Å². The SMILES string of the molecule is O=c1c2nn(-c3ccccc3)c3ccccc3c-2nn1-c1ccccc1. The molecule has 3 aromatic rings. The summed E-state index contributed by atoms with van der Waals surface area (Å²) in [5, 5.41) is 10.1. The number of nitrogens with zero attached hydrogens (tertiary/aromatic N) is 4. The van der Waals surface area contributed by atoms with Crippen LogP contribution in [0.2, 0.25) is 0 Å². The largest absolute Gasteiger partial charge is 0.301 e. The van der Waals surface area contributed by atoms with Crippen molar-refractivity contribution >= 4 is 10.9 Å². The van der Waals surface area contributed by atoms with Crippen LogP contribution in [0.3, 0.4) is 0 Å². The maximum absolute atomic E-state index is 13.0. The molecule has 5 rings (SSSR count). The molecule has 0 atom stereocenters. The molecule has 0 spiro atoms. The van der Waals surface area contributed by atoms with E-state index in [1.165, 1.54) is 4.68 Å². The molecule has 0 unspecified atom stereocenters. The lowest BCUT2D eigenvalue weighted by atomic mass is 10.1. The Labute approximate surface area is 149 Å². The van der Waals surface area contributed by atoms with E-state index in [4.69, 9.17) is 0 Å². The van der Waals surface area contributed by atoms with Crippen LogP contribution in [0, 0.1) is 0 Å². The van der Waals surface area contributed by atoms with E-state index in [1.54, 1.807) is 4.68 Å². The molecule has 0 aliphatic carbocycles. The lowest BCUT2D eigenvalue weighted by Crippen LogP contribution is -2.16. The van der Waals surface area contributed by atoms with Crippen LogP contribution in [0.15, 0.2) is 89.7 Å². The van der Waals surface area contributed by atoms with E-state index in [0.717, 1.165) is 22.3 Å². The van der Waals surface area contributed by atoms with Crippen molar-refractivity contribution in [2.24, 2.45) is 0 Å². The third kappa shape index (κ3) is 2.14. The van der Waals surface area contributed by atoms with Gasteiger partial charge in [0.2, 0.25) is 0 Å². The number of para-hydroxylation sites is 3. The number of rotatable bonds is 2. The van der Waals surface area contributed by atoms with Gasteiger partial charge in [0.15, 0.2) is 5.69 Å². The predicted molar refractivity (Wildman–Crippen MR) is 101 cm³/mol. The number of benzene rings is 3. The van der Waals surface area contributed by atoms with Crippen LogP contribution >= 0.6 is 0 Å². The van der Waals surface area contributed by atoms with E-state index in [0.29, 0.717) is 11.4 Å². The molecule has 124 valence electrons. The fraction of sp³-hybridized carbons (Fsp3) is 0. The first-order valence-electron chi connectivity index (χ1n) is 8.34. The molecule has 0 fully saturated rings. The van der Waals surface area contributed by atoms with Gasteiger partial charge in [-0.25, -0.2) is 4.68 Å². The standard InChI is InChI=1S/C21H14N4O/c26-21-20-19(22-25(21)16-11-5-2-6-12-16)17-13-7-8-14-18(17)24(23-20)15-9-3-1-4-10-15/h1-14H. The minimum atomic E-state index is -0.221. The summed E-state index contributed by atoms with van der Waals surface area (Å²) in [7, 11) is 0. The van der Waals surface area contributed by atoms with Crippen molar-refractivity contribution in [3.63, 3.8) is 0 Å². The Morgan fingerprint density at radius 2 is 1.12 bits per heavy atom. The Morgan fingerprint density at radius 1 is 0.577 bits per heavy atom. The van der Waals surface area contributed by atoms with Gasteiger partial charge < -0.3 is 0 Å². The molecule has 5 nitrogen and oxygen atoms in total. The fourth-order valence-corrected chi connectivity index (χ4v) is 3.19. The summed E-state index contributed by atoms with van der Waals surface area (Å²) in [6.45, 7) is 0. The van der Waals surface area contributed by atoms with E-state index < -0.39 is 0 Å². The Hall–Kier alpha value is -3.73. The predicted octanol–water partition coefficient (Wildman–Crippen LogP) is 3.68. The zero-order valence-electron chi connectivity index (χ0n) is 13.8. The zero-order valence-corrected chi connectivity index (χ0v) is 13.8. The van der Waals surface area contributed by atoms with E-state index in [9.17, 15) is 4.79 Å². The second-order valence-electron chi connectivity index (χ2n) is 6.01. The van der Waals surface area contributed by atoms with Crippen LogP contribution in [0.4, 0.5) is 0 Å². The average molecular weight is 338 g/mol. The van der Waals surface area contributed by atoms with Crippen LogP contribution in [0.5, 0.6) is 0 Å². The van der Waals surface area contributed by atoms with Crippen LogP contribution in [-0.4, -0.2) is 19.6 Å². The normalized spacial score (nSPS) is 11.2. The Morgan fingerprint density at radius 3 is 1.81 bits per heavy atom. The quantitative estimate of drug-likeness (QED) is 0.493. The third-order valence-electron chi connectivity index (χ3n) is 4.41. The fourth-order valence-electron chi connectivity index (χ4n) is 3.19. The van der Waals surface area contributed by atoms with Crippen molar-refractivity contribution in [2.75, 3.05) is 0 Å². The summed E-state index contributed by atoms with van der Waals surface area (Å²) in [6, 6.07) is 27.1. The minimum absolute atomic E-state index is 0.221. The molecule has 0 saturated heterocycles. The van der Waals surface area contributed by atoms with Gasteiger partial charge in [0.25, 0.3) is 0 Å². The summed E-state index contributed by atoms with van der Waals surface area (Å²) in [5.41, 5.74) is 3.28. The molecule has 5 heteroatoms. The van der Waals surface area contributed by atoms with Gasteiger partial charge in [0, 0.05) is 5.39 Å². The van der Waals surface area contributed by atoms with Gasteiger partial charge in [-0.05, 0) is 30.3 Å². The summed E-state index contributed by atoms with van der Waals surface area (Å²) in [5.74, 6) is 0. The van der Waals surface area contributed by atoms with Crippen LogP contribution in [0.25, 0.3) is 33.7 Å². The lowest BCUT2D eigenvalue weighted by Gasteiger charge is -2.11. The van der Waals surface area contributed by atoms with Crippen molar-refractivity contribution in [3.05, 3.63) is 95.3 Å². The maximum Gasteiger partial charge on any atom is 0.301 e. The highest BCUT2D eigenvalue weighted by atomic mass is 16.1. The van der Waals surface area contributed by atoms with Crippen LogP contribution < -0.4 is 5.56 Å². The van der Waals surface area contributed by atoms with Crippen molar-refractivity contribution in [1.82, 2.24) is 19.6 Å². The lowest BCUT2D eigenvalue weighted by molar-refractivity contribution is 0.856. The van der Waals surface area contributed by atoms with E-state index in [-0.39, 0.29) is 5.56 Å². The number of hydrogen-bond acceptors (Lipinski definition) is 3. The molecule has 2 aliphatic heterocycles. The maximum atomic E-state index is 13.0. The zero-order chi connectivity index (χ0) is 17.5. The van der Waals surface area contributed by atoms with Crippen molar-refractivity contribution in [2.45, 2.75) is 0 Å². The molecule has 0 saturated carbocycles. The molecule has 0 N–H and O–H groups in total. The highest BCUT2D eigenvalue weighted by Crippen LogP contribution is 2.27. The molecule has 0 bridgehead atoms. The Bertz CT molecular complexity index is 1240. The van der Waals surface area contributed by atoms with E-state index in [1.807, 2.05) is 84.9 Å². The minimum Gasteiger partial charge on any atom is -0.265 e. The average Bonchev–Trinajstić information content (AvgIpc) is 3.05. The molecule has 2 aliphatic rings. The molecule has 2 heterocycles. The molecule has 26 heavy (non-hydrogen) atoms. The monoisotopic (exact) mass is 338 g/mol. The van der Waals surface area contributed by atoms with Gasteiger partial charge in [-0.1, -0.05) is 54.6 Å². The van der Waals surface area contributed by atoms with E-state index in [2.05, 4.69) is 10.2 Å². The van der Waals surface area contributed by atoms with E-state index >= 15 is 0 Å². The van der Waals surface area contributed by atoms with Gasteiger partial charge in [0.1, 0.15) is 5.69 Å². The van der Waals surface area contributed by atoms with Gasteiger partial charge in [-0.2, -0.15) is 14.9 Å². The summed E-state index contributed by atoms with van der Waals surface area (Å²) in [6.07, 6.45) is 0. The summed E-state index contributed by atoms with van der Waals surface area (Å²) in [4.78, 5) is 13.0. The van der Waals surface area contributed by atoms with Crippen LogP contribution in [-0.2, 0) is 0 Å². The number of fused-ring (bicyclic) bond motifs is 3. The first-order chi connectivity index (χ1) is 12.8. The summed E-state index contributed by atoms with van der Waals surface area (Å²) < 4.78 is 3.22. The van der Waals surface area contributed by atoms with Gasteiger partial charge in [0.05, 0.1) is 16.9 Å². The molecule has 0 aromatic heterocycles. The van der Waals surface area contributed by atoms with Gasteiger partial charge in [-0.3, -0.25) is 4.79 Å². The third-order valence-corrected chi connectivity index (χ3v) is 4.41. The van der Waals surface area contributed by atoms with Crippen molar-refractivity contribution < 1.29 is 0 Å². The van der Waals surface area contributed by atoms with Crippen LogP contribution in [0.1, 0.15) is 0 Å². The molecule has 3 aromatic carbocycles. The topological polar surface area (TPSA) is 52.7 Å².